The lowest BCUT2D eigenvalue weighted by Gasteiger charge is -2.19. The zero-order chi connectivity index (χ0) is 23.8. The van der Waals surface area contributed by atoms with Crippen molar-refractivity contribution in [2.45, 2.75) is 23.8 Å². The first-order valence-electron chi connectivity index (χ1n) is 10.9. The monoisotopic (exact) mass is 492 g/mol. The van der Waals surface area contributed by atoms with Gasteiger partial charge in [0.05, 0.1) is 4.90 Å². The molecule has 3 aromatic carbocycles. The Morgan fingerprint density at radius 1 is 0.853 bits per heavy atom. The molecule has 0 radical (unpaired) electrons. The summed E-state index contributed by atoms with van der Waals surface area (Å²) in [6.45, 7) is 0.726. The molecule has 4 rings (SSSR count). The maximum atomic E-state index is 12.8. The molecular weight excluding hydrogens is 468 g/mol. The first-order valence-corrected chi connectivity index (χ1v) is 12.8. The highest BCUT2D eigenvalue weighted by atomic mass is 35.5. The van der Waals surface area contributed by atoms with Crippen LogP contribution in [0.25, 0.3) is 0 Å². The summed E-state index contributed by atoms with van der Waals surface area (Å²) in [5.41, 5.74) is 3.13. The minimum Gasteiger partial charge on any atom is -0.489 e. The lowest BCUT2D eigenvalue weighted by Crippen LogP contribution is -2.29. The molecule has 0 aliphatic heterocycles. The van der Waals surface area contributed by atoms with Gasteiger partial charge < -0.3 is 4.74 Å². The topological polar surface area (TPSA) is 68.3 Å². The number of sulfonamides is 1. The summed E-state index contributed by atoms with van der Waals surface area (Å²) in [5.74, 6) is 0.670. The number of benzene rings is 3. The van der Waals surface area contributed by atoms with Crippen LogP contribution in [-0.4, -0.2) is 19.9 Å². The maximum Gasteiger partial charge on any atom is 0.240 e. The predicted molar refractivity (Wildman–Crippen MR) is 135 cm³/mol. The Kier molecular flexibility index (Phi) is 7.95. The molecule has 0 fully saturated rings. The van der Waals surface area contributed by atoms with E-state index in [9.17, 15) is 8.42 Å². The fraction of sp³-hybridized carbons (Fsp3) is 0.148. The molecule has 0 spiro atoms. The minimum atomic E-state index is -3.67. The molecule has 1 heterocycles. The summed E-state index contributed by atoms with van der Waals surface area (Å²) < 4.78 is 34.3. The van der Waals surface area contributed by atoms with Crippen molar-refractivity contribution < 1.29 is 13.2 Å². The van der Waals surface area contributed by atoms with Crippen molar-refractivity contribution in [1.82, 2.24) is 9.71 Å². The molecule has 1 unspecified atom stereocenters. The largest absolute Gasteiger partial charge is 0.489 e. The summed E-state index contributed by atoms with van der Waals surface area (Å²) in [6, 6.07) is 27.8. The van der Waals surface area contributed by atoms with Crippen molar-refractivity contribution in [1.29, 1.82) is 0 Å². The van der Waals surface area contributed by atoms with Crippen LogP contribution in [0.15, 0.2) is 108 Å². The second-order valence-corrected chi connectivity index (χ2v) is 10.1. The van der Waals surface area contributed by atoms with Gasteiger partial charge in [0, 0.05) is 29.9 Å². The lowest BCUT2D eigenvalue weighted by atomic mass is 9.93. The first kappa shape index (κ1) is 24.0. The highest BCUT2D eigenvalue weighted by Crippen LogP contribution is 2.24. The molecule has 0 amide bonds. The zero-order valence-electron chi connectivity index (χ0n) is 18.5. The number of ether oxygens (including phenoxy) is 1. The van der Waals surface area contributed by atoms with Crippen LogP contribution >= 0.6 is 11.6 Å². The molecular formula is C27H25ClN2O3S. The second-order valence-electron chi connectivity index (χ2n) is 7.91. The van der Waals surface area contributed by atoms with Crippen molar-refractivity contribution >= 4 is 21.6 Å². The Morgan fingerprint density at radius 2 is 1.56 bits per heavy atom. The standard InChI is InChI=1S/C27H25ClN2O3S/c28-25-10-14-27(15-11-25)34(31,32)30-19-24(17-22-7-4-16-29-18-22)23-8-12-26(13-9-23)33-20-21-5-2-1-3-6-21/h1-16,18,24,30H,17,19-20H2. The van der Waals surface area contributed by atoms with Gasteiger partial charge in [-0.05, 0) is 65.6 Å². The van der Waals surface area contributed by atoms with E-state index >= 15 is 0 Å². The third-order valence-corrected chi connectivity index (χ3v) is 7.14. The maximum absolute atomic E-state index is 12.8. The Morgan fingerprint density at radius 3 is 2.24 bits per heavy atom. The summed E-state index contributed by atoms with van der Waals surface area (Å²) in [4.78, 5) is 4.37. The fourth-order valence-electron chi connectivity index (χ4n) is 3.60. The summed E-state index contributed by atoms with van der Waals surface area (Å²) in [6.07, 6.45) is 4.17. The van der Waals surface area contributed by atoms with E-state index in [0.29, 0.717) is 18.1 Å². The fourth-order valence-corrected chi connectivity index (χ4v) is 4.80. The van der Waals surface area contributed by atoms with Gasteiger partial charge in [-0.3, -0.25) is 4.98 Å². The van der Waals surface area contributed by atoms with Gasteiger partial charge in [-0.1, -0.05) is 60.1 Å². The Hall–Kier alpha value is -3.19. The van der Waals surface area contributed by atoms with E-state index in [2.05, 4.69) is 9.71 Å². The van der Waals surface area contributed by atoms with Crippen LogP contribution in [0.3, 0.4) is 0 Å². The van der Waals surface area contributed by atoms with E-state index in [-0.39, 0.29) is 17.4 Å². The third kappa shape index (κ3) is 6.67. The van der Waals surface area contributed by atoms with E-state index in [4.69, 9.17) is 16.3 Å². The number of hydrogen-bond acceptors (Lipinski definition) is 4. The molecule has 0 saturated heterocycles. The van der Waals surface area contributed by atoms with E-state index in [1.54, 1.807) is 24.5 Å². The van der Waals surface area contributed by atoms with E-state index in [0.717, 1.165) is 22.4 Å². The molecule has 7 heteroatoms. The third-order valence-electron chi connectivity index (χ3n) is 5.45. The SMILES string of the molecule is O=S(=O)(NCC(Cc1cccnc1)c1ccc(OCc2ccccc2)cc1)c1ccc(Cl)cc1. The minimum absolute atomic E-state index is 0.0885. The van der Waals surface area contributed by atoms with Gasteiger partial charge in [0.1, 0.15) is 12.4 Å². The molecule has 174 valence electrons. The van der Waals surface area contributed by atoms with Crippen LogP contribution in [0, 0.1) is 0 Å². The highest BCUT2D eigenvalue weighted by molar-refractivity contribution is 7.89. The number of halogens is 1. The molecule has 0 aliphatic carbocycles. The molecule has 0 bridgehead atoms. The Labute approximate surface area is 205 Å². The molecule has 4 aromatic rings. The number of rotatable bonds is 10. The van der Waals surface area contributed by atoms with Gasteiger partial charge in [-0.25, -0.2) is 13.1 Å². The predicted octanol–water partition coefficient (Wildman–Crippen LogP) is 5.62. The van der Waals surface area contributed by atoms with E-state index < -0.39 is 10.0 Å². The molecule has 1 N–H and O–H groups in total. The van der Waals surface area contributed by atoms with Crippen LogP contribution in [-0.2, 0) is 23.1 Å². The van der Waals surface area contributed by atoms with Gasteiger partial charge >= 0.3 is 0 Å². The van der Waals surface area contributed by atoms with Crippen molar-refractivity contribution in [2.24, 2.45) is 0 Å². The number of hydrogen-bond donors (Lipinski definition) is 1. The Bertz CT molecular complexity index is 1280. The van der Waals surface area contributed by atoms with Crippen molar-refractivity contribution in [3.8, 4) is 5.75 Å². The van der Waals surface area contributed by atoms with Crippen LogP contribution < -0.4 is 9.46 Å². The zero-order valence-corrected chi connectivity index (χ0v) is 20.0. The number of pyridine rings is 1. The number of aromatic nitrogens is 1. The lowest BCUT2D eigenvalue weighted by molar-refractivity contribution is 0.306. The van der Waals surface area contributed by atoms with Crippen LogP contribution in [0.2, 0.25) is 5.02 Å². The van der Waals surface area contributed by atoms with Gasteiger partial charge in [0.2, 0.25) is 10.0 Å². The van der Waals surface area contributed by atoms with E-state index in [1.165, 1.54) is 12.1 Å². The molecule has 34 heavy (non-hydrogen) atoms. The quantitative estimate of drug-likeness (QED) is 0.312. The average molecular weight is 493 g/mol. The Balaban J connectivity index is 1.48. The van der Waals surface area contributed by atoms with Gasteiger partial charge in [-0.2, -0.15) is 0 Å². The van der Waals surface area contributed by atoms with Crippen molar-refractivity contribution in [3.63, 3.8) is 0 Å². The normalized spacial score (nSPS) is 12.3. The summed E-state index contributed by atoms with van der Waals surface area (Å²) in [5, 5.41) is 0.489. The average Bonchev–Trinajstić information content (AvgIpc) is 2.87. The number of nitrogens with one attached hydrogen (secondary N) is 1. The van der Waals surface area contributed by atoms with Gasteiger partial charge in [0.15, 0.2) is 0 Å². The molecule has 0 saturated carbocycles. The highest BCUT2D eigenvalue weighted by Gasteiger charge is 2.19. The molecule has 1 atom stereocenters. The van der Waals surface area contributed by atoms with Crippen LogP contribution in [0.5, 0.6) is 5.75 Å². The molecule has 1 aromatic heterocycles. The molecule has 5 nitrogen and oxygen atoms in total. The first-order chi connectivity index (χ1) is 16.5. The van der Waals surface area contributed by atoms with Crippen LogP contribution in [0.4, 0.5) is 0 Å². The van der Waals surface area contributed by atoms with Crippen LogP contribution in [0.1, 0.15) is 22.6 Å². The summed E-state index contributed by atoms with van der Waals surface area (Å²) in [7, 11) is -3.67. The van der Waals surface area contributed by atoms with Crippen molar-refractivity contribution in [2.75, 3.05) is 6.54 Å². The summed E-state index contributed by atoms with van der Waals surface area (Å²) >= 11 is 5.90. The van der Waals surface area contributed by atoms with Crippen molar-refractivity contribution in [3.05, 3.63) is 125 Å². The second kappa shape index (κ2) is 11.3. The molecule has 0 aliphatic rings. The van der Waals surface area contributed by atoms with E-state index in [1.807, 2.05) is 66.7 Å². The van der Waals surface area contributed by atoms with Gasteiger partial charge in [0.25, 0.3) is 0 Å². The smallest absolute Gasteiger partial charge is 0.240 e. The number of nitrogens with zero attached hydrogens (tertiary/aromatic N) is 1. The van der Waals surface area contributed by atoms with Gasteiger partial charge in [-0.15, -0.1) is 0 Å².